The van der Waals surface area contributed by atoms with Crippen LogP contribution in [0.5, 0.6) is 5.75 Å². The normalized spacial score (nSPS) is 19.4. The van der Waals surface area contributed by atoms with Crippen molar-refractivity contribution in [3.63, 3.8) is 0 Å². The maximum atomic E-state index is 14.0. The standard InChI is InChI=1S/C15H21F2NO2/c1-15(2,3)18-8-10-6-11(16)7-13(17)14(10)20-12-4-5-19-9-12/h6-7,12,18H,4-5,8-9H2,1-3H3/t12-/m1/s1. The van der Waals surface area contributed by atoms with Crippen molar-refractivity contribution < 1.29 is 18.3 Å². The van der Waals surface area contributed by atoms with Crippen LogP contribution >= 0.6 is 0 Å². The first-order chi connectivity index (χ1) is 9.35. The number of hydrogen-bond donors (Lipinski definition) is 1. The Morgan fingerprint density at radius 1 is 1.35 bits per heavy atom. The van der Waals surface area contributed by atoms with Crippen molar-refractivity contribution in [1.29, 1.82) is 0 Å². The first-order valence-corrected chi connectivity index (χ1v) is 6.82. The molecule has 0 unspecified atom stereocenters. The molecule has 112 valence electrons. The molecule has 0 aliphatic carbocycles. The van der Waals surface area contributed by atoms with Gasteiger partial charge < -0.3 is 14.8 Å². The molecule has 0 amide bonds. The summed E-state index contributed by atoms with van der Waals surface area (Å²) in [6.45, 7) is 7.39. The maximum Gasteiger partial charge on any atom is 0.168 e. The average Bonchev–Trinajstić information content (AvgIpc) is 2.82. The molecule has 0 spiro atoms. The molecule has 1 atom stereocenters. The van der Waals surface area contributed by atoms with Gasteiger partial charge in [0, 0.05) is 30.1 Å². The molecule has 1 heterocycles. The molecule has 1 N–H and O–H groups in total. The third-order valence-electron chi connectivity index (χ3n) is 3.07. The summed E-state index contributed by atoms with van der Waals surface area (Å²) in [6, 6.07) is 2.17. The SMILES string of the molecule is CC(C)(C)NCc1cc(F)cc(F)c1O[C@@H]1CCOC1. The lowest BCUT2D eigenvalue weighted by Crippen LogP contribution is -2.35. The Labute approximate surface area is 118 Å². The van der Waals surface area contributed by atoms with Crippen molar-refractivity contribution in [2.24, 2.45) is 0 Å². The molecule has 0 bridgehead atoms. The van der Waals surface area contributed by atoms with Crippen LogP contribution < -0.4 is 10.1 Å². The number of rotatable bonds is 4. The predicted octanol–water partition coefficient (Wildman–Crippen LogP) is 3.02. The first-order valence-electron chi connectivity index (χ1n) is 6.82. The molecule has 2 rings (SSSR count). The second-order valence-electron chi connectivity index (χ2n) is 6.08. The average molecular weight is 285 g/mol. The van der Waals surface area contributed by atoms with Crippen molar-refractivity contribution in [3.8, 4) is 5.75 Å². The molecule has 1 saturated heterocycles. The fourth-order valence-electron chi connectivity index (χ4n) is 2.01. The summed E-state index contributed by atoms with van der Waals surface area (Å²) in [5, 5.41) is 3.21. The minimum absolute atomic E-state index is 0.124. The molecule has 5 heteroatoms. The van der Waals surface area contributed by atoms with Gasteiger partial charge in [-0.15, -0.1) is 0 Å². The fraction of sp³-hybridized carbons (Fsp3) is 0.600. The monoisotopic (exact) mass is 285 g/mol. The number of halogens is 2. The van der Waals surface area contributed by atoms with Crippen molar-refractivity contribution in [2.75, 3.05) is 13.2 Å². The molecule has 1 aliphatic heterocycles. The van der Waals surface area contributed by atoms with E-state index in [0.29, 0.717) is 25.3 Å². The van der Waals surface area contributed by atoms with E-state index in [9.17, 15) is 8.78 Å². The van der Waals surface area contributed by atoms with Gasteiger partial charge in [0.05, 0.1) is 13.2 Å². The number of benzene rings is 1. The van der Waals surface area contributed by atoms with E-state index in [0.717, 1.165) is 12.5 Å². The molecule has 0 radical (unpaired) electrons. The van der Waals surface area contributed by atoms with Crippen molar-refractivity contribution in [1.82, 2.24) is 5.32 Å². The van der Waals surface area contributed by atoms with E-state index >= 15 is 0 Å². The molecule has 1 aromatic rings. The van der Waals surface area contributed by atoms with E-state index in [4.69, 9.17) is 9.47 Å². The van der Waals surface area contributed by atoms with Crippen molar-refractivity contribution in [3.05, 3.63) is 29.3 Å². The van der Waals surface area contributed by atoms with E-state index in [2.05, 4.69) is 5.32 Å². The second-order valence-corrected chi connectivity index (χ2v) is 6.08. The first kappa shape index (κ1) is 15.2. The highest BCUT2D eigenvalue weighted by Crippen LogP contribution is 2.27. The molecular formula is C15H21F2NO2. The van der Waals surface area contributed by atoms with Crippen LogP contribution in [0, 0.1) is 11.6 Å². The fourth-order valence-corrected chi connectivity index (χ4v) is 2.01. The quantitative estimate of drug-likeness (QED) is 0.922. The van der Waals surface area contributed by atoms with Crippen LogP contribution in [-0.4, -0.2) is 24.9 Å². The molecular weight excluding hydrogens is 264 g/mol. The van der Waals surface area contributed by atoms with Gasteiger partial charge in [-0.25, -0.2) is 8.78 Å². The molecule has 0 saturated carbocycles. The Morgan fingerprint density at radius 2 is 2.10 bits per heavy atom. The zero-order valence-corrected chi connectivity index (χ0v) is 12.1. The minimum atomic E-state index is -0.664. The van der Waals surface area contributed by atoms with Gasteiger partial charge in [-0.3, -0.25) is 0 Å². The van der Waals surface area contributed by atoms with Gasteiger partial charge >= 0.3 is 0 Å². The Kier molecular flexibility index (Phi) is 4.60. The lowest BCUT2D eigenvalue weighted by atomic mass is 10.1. The van der Waals surface area contributed by atoms with Gasteiger partial charge in [0.15, 0.2) is 11.6 Å². The van der Waals surface area contributed by atoms with Gasteiger partial charge in [0.1, 0.15) is 11.9 Å². The molecule has 1 aliphatic rings. The van der Waals surface area contributed by atoms with Crippen LogP contribution in [0.25, 0.3) is 0 Å². The summed E-state index contributed by atoms with van der Waals surface area (Å²) in [7, 11) is 0. The molecule has 0 aromatic heterocycles. The Bertz CT molecular complexity index is 466. The zero-order chi connectivity index (χ0) is 14.8. The lowest BCUT2D eigenvalue weighted by molar-refractivity contribution is 0.137. The highest BCUT2D eigenvalue weighted by atomic mass is 19.1. The Hall–Kier alpha value is -1.20. The molecule has 1 fully saturated rings. The largest absolute Gasteiger partial charge is 0.485 e. The van der Waals surface area contributed by atoms with Crippen molar-refractivity contribution >= 4 is 0 Å². The summed E-state index contributed by atoms with van der Waals surface area (Å²) in [6.07, 6.45) is 0.562. The maximum absolute atomic E-state index is 14.0. The summed E-state index contributed by atoms with van der Waals surface area (Å²) in [4.78, 5) is 0. The van der Waals surface area contributed by atoms with E-state index in [-0.39, 0.29) is 17.4 Å². The van der Waals surface area contributed by atoms with Crippen LogP contribution in [0.3, 0.4) is 0 Å². The van der Waals surface area contributed by atoms with Gasteiger partial charge in [-0.2, -0.15) is 0 Å². The zero-order valence-electron chi connectivity index (χ0n) is 12.1. The highest BCUT2D eigenvalue weighted by molar-refractivity contribution is 5.36. The van der Waals surface area contributed by atoms with Crippen LogP contribution in [0.15, 0.2) is 12.1 Å². The van der Waals surface area contributed by atoms with Crippen LogP contribution in [-0.2, 0) is 11.3 Å². The number of hydrogen-bond acceptors (Lipinski definition) is 3. The summed E-state index contributed by atoms with van der Waals surface area (Å²) in [5.74, 6) is -1.13. The third kappa shape index (κ3) is 4.15. The Morgan fingerprint density at radius 3 is 2.70 bits per heavy atom. The van der Waals surface area contributed by atoms with Gasteiger partial charge in [0.2, 0.25) is 0 Å². The smallest absolute Gasteiger partial charge is 0.168 e. The molecule has 20 heavy (non-hydrogen) atoms. The summed E-state index contributed by atoms with van der Waals surface area (Å²) >= 11 is 0. The van der Waals surface area contributed by atoms with Gasteiger partial charge in [-0.05, 0) is 26.8 Å². The van der Waals surface area contributed by atoms with E-state index in [1.54, 1.807) is 0 Å². The Balaban J connectivity index is 2.18. The topological polar surface area (TPSA) is 30.5 Å². The highest BCUT2D eigenvalue weighted by Gasteiger charge is 2.22. The third-order valence-corrected chi connectivity index (χ3v) is 3.07. The predicted molar refractivity (Wildman–Crippen MR) is 72.8 cm³/mol. The van der Waals surface area contributed by atoms with Crippen molar-refractivity contribution in [2.45, 2.75) is 45.4 Å². The molecule has 3 nitrogen and oxygen atoms in total. The van der Waals surface area contributed by atoms with E-state index in [1.165, 1.54) is 6.07 Å². The molecule has 1 aromatic carbocycles. The summed E-state index contributed by atoms with van der Waals surface area (Å²) in [5.41, 5.74) is 0.348. The van der Waals surface area contributed by atoms with Gasteiger partial charge in [0.25, 0.3) is 0 Å². The summed E-state index contributed by atoms with van der Waals surface area (Å²) < 4.78 is 38.2. The lowest BCUT2D eigenvalue weighted by Gasteiger charge is -2.22. The minimum Gasteiger partial charge on any atom is -0.485 e. The number of ether oxygens (including phenoxy) is 2. The van der Waals surface area contributed by atoms with Crippen LogP contribution in [0.2, 0.25) is 0 Å². The van der Waals surface area contributed by atoms with E-state index in [1.807, 2.05) is 20.8 Å². The van der Waals surface area contributed by atoms with Gasteiger partial charge in [-0.1, -0.05) is 0 Å². The van der Waals surface area contributed by atoms with E-state index < -0.39 is 11.6 Å². The second kappa shape index (κ2) is 6.06. The van der Waals surface area contributed by atoms with Crippen LogP contribution in [0.4, 0.5) is 8.78 Å². The number of nitrogens with one attached hydrogen (secondary N) is 1. The van der Waals surface area contributed by atoms with Crippen LogP contribution in [0.1, 0.15) is 32.8 Å².